The van der Waals surface area contributed by atoms with Crippen molar-refractivity contribution in [2.45, 2.75) is 25.6 Å². The minimum atomic E-state index is -4.46. The van der Waals surface area contributed by atoms with Crippen molar-refractivity contribution in [1.29, 1.82) is 0 Å². The largest absolute Gasteiger partial charge is 0.450 e. The van der Waals surface area contributed by atoms with Gasteiger partial charge in [0.15, 0.2) is 0 Å². The number of fused-ring (bicyclic) bond motifs is 3. The molecule has 0 radical (unpaired) electrons. The fourth-order valence-corrected chi connectivity index (χ4v) is 4.26. The Labute approximate surface area is 173 Å². The van der Waals surface area contributed by atoms with Crippen LogP contribution in [0.15, 0.2) is 46.9 Å². The predicted octanol–water partition coefficient (Wildman–Crippen LogP) is 6.05. The van der Waals surface area contributed by atoms with Crippen molar-refractivity contribution >= 4 is 32.9 Å². The maximum Gasteiger partial charge on any atom is 0.416 e. The van der Waals surface area contributed by atoms with Gasteiger partial charge in [-0.15, -0.1) is 0 Å². The van der Waals surface area contributed by atoms with Crippen molar-refractivity contribution < 1.29 is 22.7 Å². The number of amides is 1. The lowest BCUT2D eigenvalue weighted by Gasteiger charge is -2.35. The van der Waals surface area contributed by atoms with Crippen molar-refractivity contribution in [3.05, 3.63) is 69.3 Å². The van der Waals surface area contributed by atoms with Crippen LogP contribution in [-0.2, 0) is 17.3 Å². The van der Waals surface area contributed by atoms with Crippen LogP contribution in [0, 0.1) is 0 Å². The van der Waals surface area contributed by atoms with Crippen LogP contribution in [0.3, 0.4) is 0 Å². The average molecular weight is 467 g/mol. The fourth-order valence-electron chi connectivity index (χ4n) is 3.90. The molecule has 8 heteroatoms. The molecule has 1 aliphatic rings. The van der Waals surface area contributed by atoms with Crippen molar-refractivity contribution in [3.8, 4) is 0 Å². The first kappa shape index (κ1) is 19.8. The number of aromatic nitrogens is 1. The molecule has 0 saturated heterocycles. The minimum absolute atomic E-state index is 0.192. The summed E-state index contributed by atoms with van der Waals surface area (Å²) in [7, 11) is 0. The van der Waals surface area contributed by atoms with E-state index in [9.17, 15) is 18.0 Å². The normalized spacial score (nSPS) is 16.7. The lowest BCUT2D eigenvalue weighted by Crippen LogP contribution is -2.41. The lowest BCUT2D eigenvalue weighted by molar-refractivity contribution is -0.137. The van der Waals surface area contributed by atoms with E-state index in [1.165, 1.54) is 11.0 Å². The zero-order valence-corrected chi connectivity index (χ0v) is 17.1. The van der Waals surface area contributed by atoms with Gasteiger partial charge >= 0.3 is 12.3 Å². The number of carbonyl (C=O) groups is 1. The molecule has 1 aromatic heterocycles. The van der Waals surface area contributed by atoms with E-state index in [4.69, 9.17) is 4.74 Å². The molecule has 4 rings (SSSR count). The maximum absolute atomic E-state index is 13.3. The predicted molar refractivity (Wildman–Crippen MR) is 107 cm³/mol. The number of H-pyrrole nitrogens is 1. The molecule has 0 aliphatic carbocycles. The second kappa shape index (κ2) is 7.40. The van der Waals surface area contributed by atoms with Crippen LogP contribution in [0.5, 0.6) is 0 Å². The third-order valence-electron chi connectivity index (χ3n) is 5.12. The number of aromatic amines is 1. The van der Waals surface area contributed by atoms with E-state index in [0.717, 1.165) is 38.8 Å². The zero-order valence-electron chi connectivity index (χ0n) is 15.5. The van der Waals surface area contributed by atoms with E-state index in [-0.39, 0.29) is 6.61 Å². The van der Waals surface area contributed by atoms with E-state index in [1.807, 2.05) is 18.2 Å². The highest BCUT2D eigenvalue weighted by Crippen LogP contribution is 2.40. The number of benzene rings is 2. The van der Waals surface area contributed by atoms with Crippen LogP contribution < -0.4 is 0 Å². The SMILES string of the molecule is CCOC(=O)N1CCc2c([nH]c3ccc(Br)cc23)C1c1cccc(C(F)(F)F)c1. The van der Waals surface area contributed by atoms with Crippen molar-refractivity contribution in [2.24, 2.45) is 0 Å². The van der Waals surface area contributed by atoms with Gasteiger partial charge in [-0.05, 0) is 54.8 Å². The molecule has 0 spiro atoms. The summed E-state index contributed by atoms with van der Waals surface area (Å²) in [4.78, 5) is 17.4. The number of nitrogens with one attached hydrogen (secondary N) is 1. The highest BCUT2D eigenvalue weighted by molar-refractivity contribution is 9.10. The van der Waals surface area contributed by atoms with Crippen LogP contribution in [0.25, 0.3) is 10.9 Å². The highest BCUT2D eigenvalue weighted by Gasteiger charge is 2.37. The van der Waals surface area contributed by atoms with Crippen LogP contribution in [0.4, 0.5) is 18.0 Å². The molecule has 3 aromatic rings. The van der Waals surface area contributed by atoms with Gasteiger partial charge in [0, 0.05) is 27.6 Å². The number of halogens is 4. The van der Waals surface area contributed by atoms with Crippen LogP contribution in [0.1, 0.15) is 35.3 Å². The molecule has 2 aromatic carbocycles. The van der Waals surface area contributed by atoms with E-state index in [1.54, 1.807) is 13.0 Å². The van der Waals surface area contributed by atoms with Gasteiger partial charge in [-0.1, -0.05) is 28.1 Å². The van der Waals surface area contributed by atoms with Gasteiger partial charge in [-0.2, -0.15) is 13.2 Å². The first-order valence-electron chi connectivity index (χ1n) is 9.20. The number of rotatable bonds is 2. The maximum atomic E-state index is 13.3. The third-order valence-corrected chi connectivity index (χ3v) is 5.61. The second-order valence-electron chi connectivity index (χ2n) is 6.88. The smallest absolute Gasteiger partial charge is 0.416 e. The summed E-state index contributed by atoms with van der Waals surface area (Å²) in [5.74, 6) is 0. The molecule has 29 heavy (non-hydrogen) atoms. The van der Waals surface area contributed by atoms with Crippen molar-refractivity contribution in [1.82, 2.24) is 9.88 Å². The van der Waals surface area contributed by atoms with Gasteiger partial charge in [-0.25, -0.2) is 4.79 Å². The van der Waals surface area contributed by atoms with Gasteiger partial charge in [-0.3, -0.25) is 4.90 Å². The second-order valence-corrected chi connectivity index (χ2v) is 7.79. The Hall–Kier alpha value is -2.48. The molecule has 152 valence electrons. The summed E-state index contributed by atoms with van der Waals surface area (Å²) in [6.07, 6.45) is -4.42. The fraction of sp³-hybridized carbons (Fsp3) is 0.286. The quantitative estimate of drug-likeness (QED) is 0.499. The molecule has 1 amide bonds. The lowest BCUT2D eigenvalue weighted by atomic mass is 9.92. The van der Waals surface area contributed by atoms with Crippen LogP contribution in [0.2, 0.25) is 0 Å². The summed E-state index contributed by atoms with van der Waals surface area (Å²) in [6.45, 7) is 2.25. The van der Waals surface area contributed by atoms with E-state index >= 15 is 0 Å². The third kappa shape index (κ3) is 3.61. The van der Waals surface area contributed by atoms with Crippen LogP contribution in [-0.4, -0.2) is 29.1 Å². The van der Waals surface area contributed by atoms with E-state index in [2.05, 4.69) is 20.9 Å². The molecule has 2 heterocycles. The number of hydrogen-bond donors (Lipinski definition) is 1. The minimum Gasteiger partial charge on any atom is -0.450 e. The monoisotopic (exact) mass is 466 g/mol. The van der Waals surface area contributed by atoms with Gasteiger partial charge in [0.05, 0.1) is 12.2 Å². The summed E-state index contributed by atoms with van der Waals surface area (Å²) in [5.41, 5.74) is 2.24. The summed E-state index contributed by atoms with van der Waals surface area (Å²) in [6, 6.07) is 10.2. The molecule has 0 bridgehead atoms. The number of carbonyl (C=O) groups excluding carboxylic acids is 1. The summed E-state index contributed by atoms with van der Waals surface area (Å²) >= 11 is 3.47. The van der Waals surface area contributed by atoms with E-state index in [0.29, 0.717) is 18.5 Å². The summed E-state index contributed by atoms with van der Waals surface area (Å²) < 4.78 is 46.0. The van der Waals surface area contributed by atoms with Gasteiger partial charge in [0.25, 0.3) is 0 Å². The number of ether oxygens (including phenoxy) is 1. The summed E-state index contributed by atoms with van der Waals surface area (Å²) in [5, 5.41) is 0.995. The van der Waals surface area contributed by atoms with Crippen molar-refractivity contribution in [2.75, 3.05) is 13.2 Å². The number of nitrogens with zero attached hydrogens (tertiary/aromatic N) is 1. The molecule has 1 aliphatic heterocycles. The molecule has 0 saturated carbocycles. The number of alkyl halides is 3. The first-order valence-corrected chi connectivity index (χ1v) is 9.99. The first-order chi connectivity index (χ1) is 13.8. The van der Waals surface area contributed by atoms with Crippen LogP contribution >= 0.6 is 15.9 Å². The topological polar surface area (TPSA) is 45.3 Å². The molecular formula is C21H18BrF3N2O2. The standard InChI is InChI=1S/C21H18BrF3N2O2/c1-2-29-20(28)27-9-8-15-16-11-14(22)6-7-17(16)26-18(15)19(27)12-4-3-5-13(10-12)21(23,24)25/h3-7,10-11,19,26H,2,8-9H2,1H3. The average Bonchev–Trinajstić information content (AvgIpc) is 3.04. The Morgan fingerprint density at radius 2 is 2.07 bits per heavy atom. The molecule has 1 N–H and O–H groups in total. The van der Waals surface area contributed by atoms with Crippen molar-refractivity contribution in [3.63, 3.8) is 0 Å². The van der Waals surface area contributed by atoms with Gasteiger partial charge in [0.1, 0.15) is 6.04 Å². The zero-order chi connectivity index (χ0) is 20.8. The molecule has 1 unspecified atom stereocenters. The Morgan fingerprint density at radius 1 is 1.28 bits per heavy atom. The Morgan fingerprint density at radius 3 is 2.79 bits per heavy atom. The Bertz CT molecular complexity index is 1080. The Kier molecular flexibility index (Phi) is 5.06. The molecule has 1 atom stereocenters. The Balaban J connectivity index is 1.89. The van der Waals surface area contributed by atoms with E-state index < -0.39 is 23.9 Å². The number of hydrogen-bond acceptors (Lipinski definition) is 2. The molecule has 0 fully saturated rings. The highest BCUT2D eigenvalue weighted by atomic mass is 79.9. The molecule has 4 nitrogen and oxygen atoms in total. The molecular weight excluding hydrogens is 449 g/mol. The van der Waals surface area contributed by atoms with Gasteiger partial charge < -0.3 is 9.72 Å². The van der Waals surface area contributed by atoms with Gasteiger partial charge in [0.2, 0.25) is 0 Å².